The van der Waals surface area contributed by atoms with Crippen LogP contribution in [0.2, 0.25) is 10.0 Å². The van der Waals surface area contributed by atoms with Crippen LogP contribution in [0.15, 0.2) is 29.4 Å². The number of nitrogens with zero attached hydrogens (tertiary/aromatic N) is 1. The Morgan fingerprint density at radius 2 is 2.14 bits per heavy atom. The lowest BCUT2D eigenvalue weighted by Crippen LogP contribution is -2.42. The number of allylic oxidation sites excluding steroid dienone is 1. The van der Waals surface area contributed by atoms with Gasteiger partial charge in [0.25, 0.3) is 0 Å². The third kappa shape index (κ3) is 3.37. The van der Waals surface area contributed by atoms with Crippen molar-refractivity contribution in [3.05, 3.63) is 39.9 Å². The smallest absolute Gasteiger partial charge is 0.187 e. The number of benzene rings is 1. The average Bonchev–Trinajstić information content (AvgIpc) is 3.06. The number of rotatable bonds is 3. The van der Waals surface area contributed by atoms with Gasteiger partial charge in [0.15, 0.2) is 5.11 Å². The highest BCUT2D eigenvalue weighted by Crippen LogP contribution is 2.38. The quantitative estimate of drug-likeness (QED) is 0.336. The summed E-state index contributed by atoms with van der Waals surface area (Å²) in [7, 11) is 0. The van der Waals surface area contributed by atoms with Gasteiger partial charge in [0.05, 0.1) is 11.2 Å². The van der Waals surface area contributed by atoms with Crippen molar-refractivity contribution in [1.82, 2.24) is 10.7 Å². The van der Waals surface area contributed by atoms with E-state index >= 15 is 0 Å². The summed E-state index contributed by atoms with van der Waals surface area (Å²) in [5.41, 5.74) is 3.18. The first-order valence-electron chi connectivity index (χ1n) is 6.99. The van der Waals surface area contributed by atoms with Gasteiger partial charge in [-0.05, 0) is 49.0 Å². The lowest BCUT2D eigenvalue weighted by molar-refractivity contribution is 0.474. The minimum atomic E-state index is -0.0614. The molecule has 0 aromatic heterocycles. The van der Waals surface area contributed by atoms with Gasteiger partial charge in [0.1, 0.15) is 5.75 Å². The molecule has 3 atom stereocenters. The molecule has 4 nitrogen and oxygen atoms in total. The van der Waals surface area contributed by atoms with Gasteiger partial charge in [0.2, 0.25) is 0 Å². The van der Waals surface area contributed by atoms with Crippen molar-refractivity contribution in [2.24, 2.45) is 16.9 Å². The maximum atomic E-state index is 9.82. The van der Waals surface area contributed by atoms with Crippen molar-refractivity contribution < 1.29 is 5.11 Å². The Hall–Kier alpha value is -1.30. The van der Waals surface area contributed by atoms with Crippen molar-refractivity contribution >= 4 is 46.7 Å². The summed E-state index contributed by atoms with van der Waals surface area (Å²) in [6.07, 6.45) is 8.28. The number of thiocarbonyl (C=S) groups is 1. The van der Waals surface area contributed by atoms with E-state index in [1.54, 1.807) is 6.07 Å². The molecular formula is C15H15Cl2N3OS. The molecule has 0 radical (unpaired) electrons. The molecule has 22 heavy (non-hydrogen) atoms. The van der Waals surface area contributed by atoms with E-state index in [1.807, 2.05) is 0 Å². The normalized spacial score (nSPS) is 25.8. The highest BCUT2D eigenvalue weighted by atomic mass is 35.5. The molecule has 1 fully saturated rings. The standard InChI is InChI=1S/C15H15Cl2N3OS/c16-11-5-10(14(21)12(17)6-11)7-18-20-15(22)19-13-4-8-1-2-9(13)3-8/h1-2,5-9,13,21H,3-4H2,(H2,19,20,22)/b18-7-/t8-,9-,13-/m0/s1. The van der Waals surface area contributed by atoms with Gasteiger partial charge in [0, 0.05) is 16.6 Å². The van der Waals surface area contributed by atoms with E-state index in [9.17, 15) is 5.11 Å². The van der Waals surface area contributed by atoms with E-state index in [2.05, 4.69) is 28.0 Å². The number of phenolic OH excluding ortho intramolecular Hbond substituents is 1. The van der Waals surface area contributed by atoms with Crippen molar-refractivity contribution in [3.8, 4) is 5.75 Å². The highest BCUT2D eigenvalue weighted by Gasteiger charge is 2.35. The zero-order chi connectivity index (χ0) is 15.7. The molecule has 2 aliphatic rings. The molecule has 0 heterocycles. The fraction of sp³-hybridized carbons (Fsp3) is 0.333. The zero-order valence-corrected chi connectivity index (χ0v) is 13.9. The summed E-state index contributed by atoms with van der Waals surface area (Å²) < 4.78 is 0. The van der Waals surface area contributed by atoms with E-state index < -0.39 is 0 Å². The van der Waals surface area contributed by atoms with Crippen LogP contribution in [0.3, 0.4) is 0 Å². The number of hydrogen-bond acceptors (Lipinski definition) is 3. The van der Waals surface area contributed by atoms with E-state index in [4.69, 9.17) is 35.4 Å². The van der Waals surface area contributed by atoms with Crippen molar-refractivity contribution in [2.45, 2.75) is 18.9 Å². The Labute approximate surface area is 144 Å². The van der Waals surface area contributed by atoms with Gasteiger partial charge < -0.3 is 10.4 Å². The number of phenols is 1. The molecule has 1 aromatic rings. The van der Waals surface area contributed by atoms with Gasteiger partial charge in [-0.2, -0.15) is 5.10 Å². The number of hydrogen-bond donors (Lipinski definition) is 3. The molecule has 2 bridgehead atoms. The van der Waals surface area contributed by atoms with Crippen molar-refractivity contribution in [2.75, 3.05) is 0 Å². The maximum absolute atomic E-state index is 9.82. The van der Waals surface area contributed by atoms with Crippen LogP contribution >= 0.6 is 35.4 Å². The molecule has 1 aromatic carbocycles. The topological polar surface area (TPSA) is 56.7 Å². The molecule has 116 valence electrons. The first kappa shape index (κ1) is 15.6. The Bertz CT molecular complexity index is 662. The van der Waals surface area contributed by atoms with Crippen LogP contribution in [0.4, 0.5) is 0 Å². The van der Waals surface area contributed by atoms with Gasteiger partial charge in [-0.1, -0.05) is 35.4 Å². The number of fused-ring (bicyclic) bond motifs is 2. The molecule has 3 N–H and O–H groups in total. The van der Waals surface area contributed by atoms with Crippen LogP contribution in [0, 0.1) is 11.8 Å². The monoisotopic (exact) mass is 355 g/mol. The molecular weight excluding hydrogens is 341 g/mol. The number of nitrogens with one attached hydrogen (secondary N) is 2. The maximum Gasteiger partial charge on any atom is 0.187 e. The minimum absolute atomic E-state index is 0.0614. The van der Waals surface area contributed by atoms with E-state index in [0.29, 0.717) is 33.6 Å². The molecule has 0 aliphatic heterocycles. The molecule has 0 saturated heterocycles. The van der Waals surface area contributed by atoms with Crippen LogP contribution in [-0.2, 0) is 0 Å². The third-order valence-corrected chi connectivity index (χ3v) is 4.74. The van der Waals surface area contributed by atoms with Gasteiger partial charge in [-0.25, -0.2) is 0 Å². The van der Waals surface area contributed by atoms with Crippen LogP contribution in [0.1, 0.15) is 18.4 Å². The minimum Gasteiger partial charge on any atom is -0.506 e. The molecule has 0 unspecified atom stereocenters. The van der Waals surface area contributed by atoms with Gasteiger partial charge in [-0.3, -0.25) is 5.43 Å². The molecule has 0 amide bonds. The van der Waals surface area contributed by atoms with Crippen LogP contribution in [0.5, 0.6) is 5.75 Å². The first-order valence-corrected chi connectivity index (χ1v) is 8.15. The predicted molar refractivity (Wildman–Crippen MR) is 93.7 cm³/mol. The fourth-order valence-electron chi connectivity index (χ4n) is 2.99. The second-order valence-corrected chi connectivity index (χ2v) is 6.81. The third-order valence-electron chi connectivity index (χ3n) is 4.02. The number of aromatic hydroxyl groups is 1. The first-order chi connectivity index (χ1) is 10.5. The van der Waals surface area contributed by atoms with E-state index in [0.717, 1.165) is 6.42 Å². The van der Waals surface area contributed by atoms with E-state index in [-0.39, 0.29) is 10.8 Å². The lowest BCUT2D eigenvalue weighted by atomic mass is 10.0. The SMILES string of the molecule is Oc1c(Cl)cc(Cl)cc1/C=N\NC(=S)N[C@H]1C[C@H]2C=C[C@H]1C2. The summed E-state index contributed by atoms with van der Waals surface area (Å²) in [6, 6.07) is 3.42. The summed E-state index contributed by atoms with van der Waals surface area (Å²) in [5.74, 6) is 1.18. The Morgan fingerprint density at radius 3 is 2.82 bits per heavy atom. The van der Waals surface area contributed by atoms with Crippen molar-refractivity contribution in [3.63, 3.8) is 0 Å². The molecule has 7 heteroatoms. The van der Waals surface area contributed by atoms with E-state index in [1.165, 1.54) is 18.7 Å². The molecule has 0 spiro atoms. The van der Waals surface area contributed by atoms with Crippen LogP contribution < -0.4 is 10.7 Å². The van der Waals surface area contributed by atoms with Crippen LogP contribution in [-0.4, -0.2) is 22.5 Å². The summed E-state index contributed by atoms with van der Waals surface area (Å²) in [6.45, 7) is 0. The molecule has 3 rings (SSSR count). The fourth-order valence-corrected chi connectivity index (χ4v) is 3.71. The van der Waals surface area contributed by atoms with Crippen molar-refractivity contribution in [1.29, 1.82) is 0 Å². The summed E-state index contributed by atoms with van der Waals surface area (Å²) in [5, 5.41) is 18.2. The van der Waals surface area contributed by atoms with Gasteiger partial charge in [-0.15, -0.1) is 0 Å². The largest absolute Gasteiger partial charge is 0.506 e. The summed E-state index contributed by atoms with van der Waals surface area (Å²) in [4.78, 5) is 0. The Kier molecular flexibility index (Phi) is 4.57. The predicted octanol–water partition coefficient (Wildman–Crippen LogP) is 3.46. The van der Waals surface area contributed by atoms with Gasteiger partial charge >= 0.3 is 0 Å². The number of halogens is 2. The second-order valence-electron chi connectivity index (χ2n) is 5.56. The molecule has 2 aliphatic carbocycles. The average molecular weight is 356 g/mol. The zero-order valence-electron chi connectivity index (χ0n) is 11.6. The van der Waals surface area contributed by atoms with Crippen LogP contribution in [0.25, 0.3) is 0 Å². The second kappa shape index (κ2) is 6.44. The Balaban J connectivity index is 1.56. The highest BCUT2D eigenvalue weighted by molar-refractivity contribution is 7.80. The number of hydrazone groups is 1. The summed E-state index contributed by atoms with van der Waals surface area (Å²) >= 11 is 17.0. The molecule has 1 saturated carbocycles. The Morgan fingerprint density at radius 1 is 1.32 bits per heavy atom. The lowest BCUT2D eigenvalue weighted by Gasteiger charge is -2.20.